The zero-order valence-corrected chi connectivity index (χ0v) is 12.9. The highest BCUT2D eigenvalue weighted by molar-refractivity contribution is 5.93. The fourth-order valence-electron chi connectivity index (χ4n) is 2.42. The lowest BCUT2D eigenvalue weighted by Gasteiger charge is -2.06. The van der Waals surface area contributed by atoms with Crippen molar-refractivity contribution in [3.05, 3.63) is 29.7 Å². The van der Waals surface area contributed by atoms with Gasteiger partial charge in [-0.15, -0.1) is 0 Å². The van der Waals surface area contributed by atoms with E-state index in [2.05, 4.69) is 22.7 Å². The second-order valence-corrected chi connectivity index (χ2v) is 4.85. The molecule has 21 heavy (non-hydrogen) atoms. The normalized spacial score (nSPS) is 11.0. The van der Waals surface area contributed by atoms with Gasteiger partial charge in [-0.25, -0.2) is 9.78 Å². The summed E-state index contributed by atoms with van der Waals surface area (Å²) in [6, 6.07) is 1.82. The summed E-state index contributed by atoms with van der Waals surface area (Å²) >= 11 is 0. The van der Waals surface area contributed by atoms with Crippen LogP contribution < -0.4 is 0 Å². The molecular formula is C16H22N2O3. The lowest BCUT2D eigenvalue weighted by molar-refractivity contribution is 0.0519. The minimum atomic E-state index is -0.373. The van der Waals surface area contributed by atoms with Crippen LogP contribution in [0.4, 0.5) is 0 Å². The third kappa shape index (κ3) is 3.42. The van der Waals surface area contributed by atoms with E-state index in [1.54, 1.807) is 20.2 Å². The summed E-state index contributed by atoms with van der Waals surface area (Å²) in [7, 11) is 1.70. The molecule has 0 amide bonds. The summed E-state index contributed by atoms with van der Waals surface area (Å²) in [5.74, 6) is -0.373. The first-order valence-electron chi connectivity index (χ1n) is 7.35. The molecule has 2 aromatic rings. The largest absolute Gasteiger partial charge is 0.461 e. The molecule has 114 valence electrons. The number of hydrogen-bond donors (Lipinski definition) is 0. The average molecular weight is 290 g/mol. The molecule has 5 heteroatoms. The standard InChI is InChI=1S/C16H22N2O3/c1-4-12-11-18(7-6-8-20-3)15-9-14(16(19)21-5-2)17-10-13(12)15/h9-11H,4-8H2,1-3H3. The predicted octanol–water partition coefficient (Wildman–Crippen LogP) is 2.81. The van der Waals surface area contributed by atoms with Crippen LogP contribution in [0.1, 0.15) is 36.3 Å². The molecule has 0 radical (unpaired) electrons. The van der Waals surface area contributed by atoms with E-state index in [4.69, 9.17) is 9.47 Å². The molecule has 0 aliphatic carbocycles. The fraction of sp³-hybridized carbons (Fsp3) is 0.500. The number of aryl methyl sites for hydroxylation is 2. The number of hydrogen-bond acceptors (Lipinski definition) is 4. The van der Waals surface area contributed by atoms with Gasteiger partial charge in [-0.05, 0) is 31.4 Å². The number of nitrogens with zero attached hydrogens (tertiary/aromatic N) is 2. The van der Waals surface area contributed by atoms with Crippen molar-refractivity contribution in [2.75, 3.05) is 20.3 Å². The van der Waals surface area contributed by atoms with Crippen LogP contribution in [0.5, 0.6) is 0 Å². The van der Waals surface area contributed by atoms with Gasteiger partial charge < -0.3 is 14.0 Å². The second kappa shape index (κ2) is 7.22. The van der Waals surface area contributed by atoms with E-state index in [0.717, 1.165) is 36.9 Å². The molecule has 0 saturated carbocycles. The Morgan fingerprint density at radius 3 is 2.86 bits per heavy atom. The Morgan fingerprint density at radius 1 is 1.38 bits per heavy atom. The van der Waals surface area contributed by atoms with E-state index in [-0.39, 0.29) is 5.97 Å². The molecule has 0 spiro atoms. The van der Waals surface area contributed by atoms with Crippen molar-refractivity contribution < 1.29 is 14.3 Å². The number of pyridine rings is 1. The zero-order valence-electron chi connectivity index (χ0n) is 12.9. The highest BCUT2D eigenvalue weighted by atomic mass is 16.5. The SMILES string of the molecule is CCOC(=O)c1cc2c(cn1)c(CC)cn2CCCOC. The Hall–Kier alpha value is -1.88. The summed E-state index contributed by atoms with van der Waals surface area (Å²) in [4.78, 5) is 16.1. The van der Waals surface area contributed by atoms with Crippen molar-refractivity contribution >= 4 is 16.9 Å². The summed E-state index contributed by atoms with van der Waals surface area (Å²) in [6.07, 6.45) is 5.78. The number of aromatic nitrogens is 2. The maximum Gasteiger partial charge on any atom is 0.356 e. The Balaban J connectivity index is 2.37. The molecule has 2 rings (SSSR count). The molecule has 0 atom stereocenters. The van der Waals surface area contributed by atoms with Crippen LogP contribution >= 0.6 is 0 Å². The number of carbonyl (C=O) groups excluding carboxylic acids is 1. The highest BCUT2D eigenvalue weighted by Gasteiger charge is 2.13. The van der Waals surface area contributed by atoms with Crippen LogP contribution in [-0.2, 0) is 22.4 Å². The summed E-state index contributed by atoms with van der Waals surface area (Å²) < 4.78 is 12.3. The summed E-state index contributed by atoms with van der Waals surface area (Å²) in [6.45, 7) is 5.84. The Morgan fingerprint density at radius 2 is 2.19 bits per heavy atom. The Bertz CT molecular complexity index is 619. The third-order valence-electron chi connectivity index (χ3n) is 3.46. The van der Waals surface area contributed by atoms with Crippen molar-refractivity contribution in [3.63, 3.8) is 0 Å². The average Bonchev–Trinajstić information content (AvgIpc) is 2.85. The van der Waals surface area contributed by atoms with Crippen molar-refractivity contribution in [3.8, 4) is 0 Å². The maximum absolute atomic E-state index is 11.8. The van der Waals surface area contributed by atoms with Gasteiger partial charge >= 0.3 is 5.97 Å². The van der Waals surface area contributed by atoms with Crippen LogP contribution in [0.15, 0.2) is 18.5 Å². The molecule has 0 aliphatic rings. The molecule has 0 saturated heterocycles. The second-order valence-electron chi connectivity index (χ2n) is 4.85. The minimum absolute atomic E-state index is 0.355. The van der Waals surface area contributed by atoms with Crippen molar-refractivity contribution in [2.24, 2.45) is 0 Å². The van der Waals surface area contributed by atoms with Crippen LogP contribution in [0.3, 0.4) is 0 Å². The molecule has 0 aromatic carbocycles. The van der Waals surface area contributed by atoms with E-state index < -0.39 is 0 Å². The zero-order chi connectivity index (χ0) is 15.2. The molecule has 5 nitrogen and oxygen atoms in total. The molecular weight excluding hydrogens is 268 g/mol. The van der Waals surface area contributed by atoms with Gasteiger partial charge in [0.05, 0.1) is 12.1 Å². The fourth-order valence-corrected chi connectivity index (χ4v) is 2.42. The first-order valence-corrected chi connectivity index (χ1v) is 7.35. The smallest absolute Gasteiger partial charge is 0.356 e. The molecule has 0 unspecified atom stereocenters. The molecule has 0 N–H and O–H groups in total. The number of ether oxygens (including phenoxy) is 2. The quantitative estimate of drug-likeness (QED) is 0.581. The van der Waals surface area contributed by atoms with E-state index in [1.807, 2.05) is 6.07 Å². The van der Waals surface area contributed by atoms with Gasteiger partial charge in [0.2, 0.25) is 0 Å². The van der Waals surface area contributed by atoms with Gasteiger partial charge in [-0.3, -0.25) is 0 Å². The van der Waals surface area contributed by atoms with Gasteiger partial charge in [0, 0.05) is 38.0 Å². The van der Waals surface area contributed by atoms with E-state index in [1.165, 1.54) is 5.56 Å². The van der Waals surface area contributed by atoms with Gasteiger partial charge in [0.1, 0.15) is 5.69 Å². The van der Waals surface area contributed by atoms with Gasteiger partial charge in [-0.1, -0.05) is 6.92 Å². The van der Waals surface area contributed by atoms with Crippen molar-refractivity contribution in [2.45, 2.75) is 33.2 Å². The first-order chi connectivity index (χ1) is 10.2. The Kier molecular flexibility index (Phi) is 5.33. The lowest BCUT2D eigenvalue weighted by Crippen LogP contribution is -2.07. The number of fused-ring (bicyclic) bond motifs is 1. The summed E-state index contributed by atoms with van der Waals surface area (Å²) in [5, 5.41) is 1.10. The summed E-state index contributed by atoms with van der Waals surface area (Å²) in [5.41, 5.74) is 2.63. The van der Waals surface area contributed by atoms with Crippen LogP contribution in [0, 0.1) is 0 Å². The monoisotopic (exact) mass is 290 g/mol. The molecule has 2 aromatic heterocycles. The van der Waals surface area contributed by atoms with Gasteiger partial charge in [0.15, 0.2) is 0 Å². The lowest BCUT2D eigenvalue weighted by atomic mass is 10.1. The number of rotatable bonds is 7. The first kappa shape index (κ1) is 15.5. The topological polar surface area (TPSA) is 53.3 Å². The van der Waals surface area contributed by atoms with E-state index >= 15 is 0 Å². The third-order valence-corrected chi connectivity index (χ3v) is 3.46. The molecule has 2 heterocycles. The van der Waals surface area contributed by atoms with Gasteiger partial charge in [0.25, 0.3) is 0 Å². The van der Waals surface area contributed by atoms with Crippen molar-refractivity contribution in [1.82, 2.24) is 9.55 Å². The molecule has 0 aliphatic heterocycles. The van der Waals surface area contributed by atoms with Gasteiger partial charge in [-0.2, -0.15) is 0 Å². The minimum Gasteiger partial charge on any atom is -0.461 e. The van der Waals surface area contributed by atoms with Crippen LogP contribution in [0.25, 0.3) is 10.9 Å². The number of methoxy groups -OCH3 is 1. The molecule has 0 bridgehead atoms. The highest BCUT2D eigenvalue weighted by Crippen LogP contribution is 2.22. The van der Waals surface area contributed by atoms with Crippen molar-refractivity contribution in [1.29, 1.82) is 0 Å². The number of esters is 1. The predicted molar refractivity (Wildman–Crippen MR) is 81.6 cm³/mol. The molecule has 0 fully saturated rings. The van der Waals surface area contributed by atoms with E-state index in [9.17, 15) is 4.79 Å². The maximum atomic E-state index is 11.8. The number of carbonyl (C=O) groups is 1. The Labute approximate surface area is 124 Å². The van der Waals surface area contributed by atoms with Crippen LogP contribution in [0.2, 0.25) is 0 Å². The van der Waals surface area contributed by atoms with E-state index in [0.29, 0.717) is 12.3 Å². The van der Waals surface area contributed by atoms with Crippen LogP contribution in [-0.4, -0.2) is 35.8 Å².